The molecular formula is C12H21NO2S. The van der Waals surface area contributed by atoms with E-state index in [9.17, 15) is 9.59 Å². The number of amides is 2. The Morgan fingerprint density at radius 3 is 2.12 bits per heavy atom. The number of piperidine rings is 1. The zero-order valence-corrected chi connectivity index (χ0v) is 11.2. The average molecular weight is 243 g/mol. The van der Waals surface area contributed by atoms with E-state index in [1.54, 1.807) is 0 Å². The largest absolute Gasteiger partial charge is 0.282 e. The van der Waals surface area contributed by atoms with Gasteiger partial charge in [-0.15, -0.1) is 0 Å². The monoisotopic (exact) mass is 243 g/mol. The van der Waals surface area contributed by atoms with Crippen molar-refractivity contribution in [3.05, 3.63) is 0 Å². The standard InChI is InChI=1S/C12H21NO2S/c1-12(2,3)9(8-16)7-13-10(14)5-4-6-11(13)15/h9,16H,4-8H2,1-3H3. The summed E-state index contributed by atoms with van der Waals surface area (Å²) in [7, 11) is 0. The third-order valence-corrected chi connectivity index (χ3v) is 3.67. The Morgan fingerprint density at radius 1 is 1.25 bits per heavy atom. The van der Waals surface area contributed by atoms with Crippen molar-refractivity contribution in [2.45, 2.75) is 40.0 Å². The second-order valence-corrected chi connectivity index (χ2v) is 5.86. The maximum atomic E-state index is 11.7. The molecule has 1 unspecified atom stereocenters. The van der Waals surface area contributed by atoms with Gasteiger partial charge >= 0.3 is 0 Å². The number of hydrogen-bond acceptors (Lipinski definition) is 3. The molecule has 0 aromatic carbocycles. The van der Waals surface area contributed by atoms with Gasteiger partial charge in [0.1, 0.15) is 0 Å². The molecule has 4 heteroatoms. The average Bonchev–Trinajstić information content (AvgIpc) is 2.15. The molecule has 0 saturated carbocycles. The lowest BCUT2D eigenvalue weighted by Gasteiger charge is -2.35. The van der Waals surface area contributed by atoms with Crippen LogP contribution in [0.5, 0.6) is 0 Å². The number of carbonyl (C=O) groups excluding carboxylic acids is 2. The van der Waals surface area contributed by atoms with E-state index in [-0.39, 0.29) is 23.1 Å². The van der Waals surface area contributed by atoms with Gasteiger partial charge in [-0.1, -0.05) is 20.8 Å². The molecule has 92 valence electrons. The van der Waals surface area contributed by atoms with E-state index < -0.39 is 0 Å². The molecule has 16 heavy (non-hydrogen) atoms. The second-order valence-electron chi connectivity index (χ2n) is 5.50. The molecule has 0 spiro atoms. The first-order valence-corrected chi connectivity index (χ1v) is 6.43. The Morgan fingerprint density at radius 2 is 1.75 bits per heavy atom. The first kappa shape index (κ1) is 13.6. The van der Waals surface area contributed by atoms with E-state index >= 15 is 0 Å². The number of carbonyl (C=O) groups is 2. The minimum atomic E-state index is -0.0210. The number of likely N-dealkylation sites (tertiary alicyclic amines) is 1. The lowest BCUT2D eigenvalue weighted by Crippen LogP contribution is -2.45. The molecule has 1 fully saturated rings. The quantitative estimate of drug-likeness (QED) is 0.609. The number of rotatable bonds is 3. The predicted octanol–water partition coefficient (Wildman–Crippen LogP) is 2.12. The minimum absolute atomic E-state index is 0.0210. The maximum Gasteiger partial charge on any atom is 0.229 e. The highest BCUT2D eigenvalue weighted by atomic mass is 32.1. The number of imide groups is 1. The Labute approximate surface area is 103 Å². The normalized spacial score (nSPS) is 20.1. The minimum Gasteiger partial charge on any atom is -0.282 e. The lowest BCUT2D eigenvalue weighted by molar-refractivity contribution is -0.149. The predicted molar refractivity (Wildman–Crippen MR) is 67.4 cm³/mol. The van der Waals surface area contributed by atoms with E-state index in [0.29, 0.717) is 31.6 Å². The van der Waals surface area contributed by atoms with Gasteiger partial charge in [-0.3, -0.25) is 14.5 Å². The van der Waals surface area contributed by atoms with Gasteiger partial charge in [-0.25, -0.2) is 0 Å². The van der Waals surface area contributed by atoms with Gasteiger partial charge in [0.25, 0.3) is 0 Å². The summed E-state index contributed by atoms with van der Waals surface area (Å²) in [5.74, 6) is 0.905. The van der Waals surface area contributed by atoms with Gasteiger partial charge < -0.3 is 0 Å². The summed E-state index contributed by atoms with van der Waals surface area (Å²) in [5, 5.41) is 0. The number of thiol groups is 1. The Hall–Kier alpha value is -0.510. The second kappa shape index (κ2) is 5.21. The van der Waals surface area contributed by atoms with Crippen LogP contribution in [-0.2, 0) is 9.59 Å². The van der Waals surface area contributed by atoms with Crippen LogP contribution in [0.15, 0.2) is 0 Å². The fourth-order valence-corrected chi connectivity index (χ4v) is 2.49. The van der Waals surface area contributed by atoms with Crippen molar-refractivity contribution in [2.75, 3.05) is 12.3 Å². The summed E-state index contributed by atoms with van der Waals surface area (Å²) in [6.45, 7) is 6.87. The number of nitrogens with zero attached hydrogens (tertiary/aromatic N) is 1. The molecule has 0 aromatic heterocycles. The third kappa shape index (κ3) is 3.24. The first-order valence-electron chi connectivity index (χ1n) is 5.80. The van der Waals surface area contributed by atoms with Crippen LogP contribution in [0, 0.1) is 11.3 Å². The molecule has 2 amide bonds. The van der Waals surface area contributed by atoms with Crippen LogP contribution in [0.3, 0.4) is 0 Å². The molecule has 1 aliphatic rings. The zero-order valence-electron chi connectivity index (χ0n) is 10.3. The van der Waals surface area contributed by atoms with E-state index in [1.165, 1.54) is 4.90 Å². The molecule has 1 atom stereocenters. The summed E-state index contributed by atoms with van der Waals surface area (Å²) < 4.78 is 0. The third-order valence-electron chi connectivity index (χ3n) is 3.23. The topological polar surface area (TPSA) is 37.4 Å². The van der Waals surface area contributed by atoms with Gasteiger partial charge in [-0.05, 0) is 23.5 Å². The van der Waals surface area contributed by atoms with Crippen molar-refractivity contribution in [1.29, 1.82) is 0 Å². The Bertz CT molecular complexity index is 267. The first-order chi connectivity index (χ1) is 7.36. The lowest BCUT2D eigenvalue weighted by atomic mass is 9.81. The van der Waals surface area contributed by atoms with Crippen LogP contribution in [0.2, 0.25) is 0 Å². The molecule has 1 heterocycles. The Balaban J connectivity index is 2.70. The van der Waals surface area contributed by atoms with Crippen LogP contribution >= 0.6 is 12.6 Å². The van der Waals surface area contributed by atoms with Gasteiger partial charge in [-0.2, -0.15) is 12.6 Å². The van der Waals surface area contributed by atoms with Crippen LogP contribution in [-0.4, -0.2) is 29.0 Å². The van der Waals surface area contributed by atoms with Crippen molar-refractivity contribution < 1.29 is 9.59 Å². The van der Waals surface area contributed by atoms with Crippen molar-refractivity contribution in [2.24, 2.45) is 11.3 Å². The smallest absolute Gasteiger partial charge is 0.229 e. The molecule has 0 aromatic rings. The van der Waals surface area contributed by atoms with Crippen molar-refractivity contribution in [3.8, 4) is 0 Å². The van der Waals surface area contributed by atoms with E-state index in [2.05, 4.69) is 33.4 Å². The van der Waals surface area contributed by atoms with E-state index in [0.717, 1.165) is 0 Å². The van der Waals surface area contributed by atoms with Crippen LogP contribution in [0.4, 0.5) is 0 Å². The SMILES string of the molecule is CC(C)(C)C(CS)CN1C(=O)CCCC1=O. The summed E-state index contributed by atoms with van der Waals surface area (Å²) in [6, 6.07) is 0. The fraction of sp³-hybridized carbons (Fsp3) is 0.833. The van der Waals surface area contributed by atoms with Crippen LogP contribution < -0.4 is 0 Å². The van der Waals surface area contributed by atoms with Crippen LogP contribution in [0.1, 0.15) is 40.0 Å². The van der Waals surface area contributed by atoms with Gasteiger partial charge in [0.2, 0.25) is 11.8 Å². The molecule has 1 aliphatic heterocycles. The highest BCUT2D eigenvalue weighted by Gasteiger charge is 2.32. The van der Waals surface area contributed by atoms with E-state index in [4.69, 9.17) is 0 Å². The van der Waals surface area contributed by atoms with Crippen LogP contribution in [0.25, 0.3) is 0 Å². The summed E-state index contributed by atoms with van der Waals surface area (Å²) in [4.78, 5) is 24.8. The fourth-order valence-electron chi connectivity index (χ4n) is 1.83. The molecule has 0 aliphatic carbocycles. The summed E-state index contributed by atoms with van der Waals surface area (Å²) in [5.41, 5.74) is 0.0692. The summed E-state index contributed by atoms with van der Waals surface area (Å²) in [6.07, 6.45) is 1.72. The van der Waals surface area contributed by atoms with Gasteiger partial charge in [0.05, 0.1) is 0 Å². The number of hydrogen-bond donors (Lipinski definition) is 1. The molecule has 0 N–H and O–H groups in total. The Kier molecular flexibility index (Phi) is 4.42. The molecule has 0 bridgehead atoms. The zero-order chi connectivity index (χ0) is 12.3. The van der Waals surface area contributed by atoms with Crippen molar-refractivity contribution in [1.82, 2.24) is 4.90 Å². The molecule has 0 radical (unpaired) electrons. The van der Waals surface area contributed by atoms with Crippen molar-refractivity contribution in [3.63, 3.8) is 0 Å². The van der Waals surface area contributed by atoms with Gasteiger partial charge in [0.15, 0.2) is 0 Å². The molecular weight excluding hydrogens is 222 g/mol. The maximum absolute atomic E-state index is 11.7. The highest BCUT2D eigenvalue weighted by Crippen LogP contribution is 2.28. The summed E-state index contributed by atoms with van der Waals surface area (Å²) >= 11 is 4.32. The van der Waals surface area contributed by atoms with Gasteiger partial charge in [0, 0.05) is 19.4 Å². The molecule has 1 saturated heterocycles. The molecule has 3 nitrogen and oxygen atoms in total. The van der Waals surface area contributed by atoms with E-state index in [1.807, 2.05) is 0 Å². The molecule has 1 rings (SSSR count). The van der Waals surface area contributed by atoms with Crippen molar-refractivity contribution >= 4 is 24.4 Å². The highest BCUT2D eigenvalue weighted by molar-refractivity contribution is 7.80.